The number of aromatic nitrogens is 2. The minimum atomic E-state index is -0.00901. The molecule has 0 aliphatic carbocycles. The maximum Gasteiger partial charge on any atom is 0.224 e. The standard InChI is InChI=1S/C15H20N4O3/c1-2-3-4-13(20)16-11-5-6-12(15-14(11)17-22-18-15)19-7-9-21-10-8-19/h5-6H,2-4,7-10H2,1H3,(H,16,20). The van der Waals surface area contributed by atoms with E-state index in [9.17, 15) is 4.79 Å². The summed E-state index contributed by atoms with van der Waals surface area (Å²) in [5, 5.41) is 10.8. The number of carbonyl (C=O) groups excluding carboxylic acids is 1. The van der Waals surface area contributed by atoms with Gasteiger partial charge in [0.15, 0.2) is 11.0 Å². The Balaban J connectivity index is 1.84. The lowest BCUT2D eigenvalue weighted by Crippen LogP contribution is -2.36. The summed E-state index contributed by atoms with van der Waals surface area (Å²) in [6.07, 6.45) is 2.37. The first-order chi connectivity index (χ1) is 10.8. The van der Waals surface area contributed by atoms with E-state index in [1.807, 2.05) is 12.1 Å². The molecule has 0 spiro atoms. The maximum absolute atomic E-state index is 11.9. The first-order valence-electron chi connectivity index (χ1n) is 7.67. The van der Waals surface area contributed by atoms with Gasteiger partial charge in [0, 0.05) is 19.5 Å². The number of nitrogens with zero attached hydrogens (tertiary/aromatic N) is 3. The lowest BCUT2D eigenvalue weighted by atomic mass is 10.2. The van der Waals surface area contributed by atoms with Gasteiger partial charge < -0.3 is 15.0 Å². The first-order valence-corrected chi connectivity index (χ1v) is 7.67. The number of anilines is 2. The number of carbonyl (C=O) groups is 1. The lowest BCUT2D eigenvalue weighted by Gasteiger charge is -2.28. The molecule has 1 aromatic heterocycles. The fraction of sp³-hybridized carbons (Fsp3) is 0.533. The number of fused-ring (bicyclic) bond motifs is 1. The minimum absolute atomic E-state index is 0.00901. The van der Waals surface area contributed by atoms with Gasteiger partial charge in [-0.1, -0.05) is 13.3 Å². The number of hydrogen-bond acceptors (Lipinski definition) is 6. The van der Waals surface area contributed by atoms with Crippen LogP contribution in [0.15, 0.2) is 16.8 Å². The van der Waals surface area contributed by atoms with E-state index in [2.05, 4.69) is 27.5 Å². The van der Waals surface area contributed by atoms with Crippen molar-refractivity contribution in [3.63, 3.8) is 0 Å². The largest absolute Gasteiger partial charge is 0.378 e. The summed E-state index contributed by atoms with van der Waals surface area (Å²) in [4.78, 5) is 14.1. The third-order valence-electron chi connectivity index (χ3n) is 3.78. The molecule has 2 heterocycles. The highest BCUT2D eigenvalue weighted by Crippen LogP contribution is 2.30. The zero-order valence-corrected chi connectivity index (χ0v) is 12.7. The molecule has 0 bridgehead atoms. The molecule has 1 aliphatic rings. The average molecular weight is 304 g/mol. The molecule has 0 atom stereocenters. The number of benzene rings is 1. The molecule has 0 saturated carbocycles. The summed E-state index contributed by atoms with van der Waals surface area (Å²) >= 11 is 0. The molecule has 7 nitrogen and oxygen atoms in total. The van der Waals surface area contributed by atoms with Crippen molar-refractivity contribution in [3.8, 4) is 0 Å². The Morgan fingerprint density at radius 1 is 1.27 bits per heavy atom. The van der Waals surface area contributed by atoms with Crippen LogP contribution in [0.3, 0.4) is 0 Å². The summed E-state index contributed by atoms with van der Waals surface area (Å²) in [6, 6.07) is 3.81. The Bertz CT molecular complexity index is 649. The third kappa shape index (κ3) is 3.04. The van der Waals surface area contributed by atoms with Crippen LogP contribution in [-0.4, -0.2) is 42.5 Å². The molecule has 1 N–H and O–H groups in total. The summed E-state index contributed by atoms with van der Waals surface area (Å²) < 4.78 is 10.3. The number of ether oxygens (including phenoxy) is 1. The number of amides is 1. The van der Waals surface area contributed by atoms with E-state index in [4.69, 9.17) is 9.37 Å². The summed E-state index contributed by atoms with van der Waals surface area (Å²) in [5.74, 6) is -0.00901. The molecule has 118 valence electrons. The summed E-state index contributed by atoms with van der Waals surface area (Å²) in [7, 11) is 0. The SMILES string of the molecule is CCCCC(=O)Nc1ccc(N2CCOCC2)c2nonc12. The Labute approximate surface area is 128 Å². The van der Waals surface area contributed by atoms with Crippen LogP contribution in [0.1, 0.15) is 26.2 Å². The minimum Gasteiger partial charge on any atom is -0.378 e. The topological polar surface area (TPSA) is 80.5 Å². The molecular formula is C15H20N4O3. The van der Waals surface area contributed by atoms with Crippen molar-refractivity contribution in [2.75, 3.05) is 36.5 Å². The van der Waals surface area contributed by atoms with Crippen LogP contribution in [0.25, 0.3) is 11.0 Å². The number of nitrogens with one attached hydrogen (secondary N) is 1. The second-order valence-electron chi connectivity index (χ2n) is 5.34. The molecule has 1 saturated heterocycles. The van der Waals surface area contributed by atoms with E-state index >= 15 is 0 Å². The normalized spacial score (nSPS) is 15.2. The van der Waals surface area contributed by atoms with Gasteiger partial charge in [0.05, 0.1) is 24.6 Å². The van der Waals surface area contributed by atoms with Crippen LogP contribution in [0.2, 0.25) is 0 Å². The highest BCUT2D eigenvalue weighted by atomic mass is 16.6. The Morgan fingerprint density at radius 3 is 2.82 bits per heavy atom. The van der Waals surface area contributed by atoms with E-state index in [0.29, 0.717) is 36.4 Å². The lowest BCUT2D eigenvalue weighted by molar-refractivity contribution is -0.116. The van der Waals surface area contributed by atoms with Crippen molar-refractivity contribution in [1.29, 1.82) is 0 Å². The van der Waals surface area contributed by atoms with Gasteiger partial charge >= 0.3 is 0 Å². The van der Waals surface area contributed by atoms with Crippen LogP contribution in [0.5, 0.6) is 0 Å². The van der Waals surface area contributed by atoms with Gasteiger partial charge in [-0.15, -0.1) is 0 Å². The van der Waals surface area contributed by atoms with Crippen molar-refractivity contribution in [1.82, 2.24) is 10.3 Å². The van der Waals surface area contributed by atoms with Gasteiger partial charge in [-0.05, 0) is 28.9 Å². The Morgan fingerprint density at radius 2 is 2.05 bits per heavy atom. The van der Waals surface area contributed by atoms with Gasteiger partial charge in [0.1, 0.15) is 0 Å². The van der Waals surface area contributed by atoms with Gasteiger partial charge in [-0.2, -0.15) is 0 Å². The van der Waals surface area contributed by atoms with E-state index in [0.717, 1.165) is 31.6 Å². The molecule has 1 amide bonds. The molecule has 3 rings (SSSR count). The third-order valence-corrected chi connectivity index (χ3v) is 3.78. The first kappa shape index (κ1) is 14.8. The zero-order valence-electron chi connectivity index (χ0n) is 12.7. The number of hydrogen-bond donors (Lipinski definition) is 1. The maximum atomic E-state index is 11.9. The molecule has 0 unspecified atom stereocenters. The second kappa shape index (κ2) is 6.74. The van der Waals surface area contributed by atoms with Crippen LogP contribution in [0.4, 0.5) is 11.4 Å². The highest BCUT2D eigenvalue weighted by Gasteiger charge is 2.19. The fourth-order valence-electron chi connectivity index (χ4n) is 2.56. The number of unbranched alkanes of at least 4 members (excludes halogenated alkanes) is 1. The molecule has 2 aromatic rings. The van der Waals surface area contributed by atoms with Crippen LogP contribution in [-0.2, 0) is 9.53 Å². The van der Waals surface area contributed by atoms with E-state index in [-0.39, 0.29) is 5.91 Å². The van der Waals surface area contributed by atoms with Crippen molar-refractivity contribution >= 4 is 28.3 Å². The van der Waals surface area contributed by atoms with Crippen molar-refractivity contribution in [2.24, 2.45) is 0 Å². The monoisotopic (exact) mass is 304 g/mol. The molecular weight excluding hydrogens is 284 g/mol. The molecule has 7 heteroatoms. The highest BCUT2D eigenvalue weighted by molar-refractivity contribution is 6.02. The zero-order chi connectivity index (χ0) is 15.4. The predicted octanol–water partition coefficient (Wildman–Crippen LogP) is 2.19. The number of morpholine rings is 1. The molecule has 1 fully saturated rings. The van der Waals surface area contributed by atoms with E-state index < -0.39 is 0 Å². The van der Waals surface area contributed by atoms with Crippen LogP contribution >= 0.6 is 0 Å². The fourth-order valence-corrected chi connectivity index (χ4v) is 2.56. The predicted molar refractivity (Wildman–Crippen MR) is 83.0 cm³/mol. The van der Waals surface area contributed by atoms with E-state index in [1.165, 1.54) is 0 Å². The Hall–Kier alpha value is -2.15. The van der Waals surface area contributed by atoms with Gasteiger partial charge in [0.25, 0.3) is 0 Å². The summed E-state index contributed by atoms with van der Waals surface area (Å²) in [5.41, 5.74) is 2.88. The molecule has 22 heavy (non-hydrogen) atoms. The second-order valence-corrected chi connectivity index (χ2v) is 5.34. The average Bonchev–Trinajstić information content (AvgIpc) is 3.04. The van der Waals surface area contributed by atoms with Crippen molar-refractivity contribution < 1.29 is 14.2 Å². The van der Waals surface area contributed by atoms with Crippen molar-refractivity contribution in [2.45, 2.75) is 26.2 Å². The Kier molecular flexibility index (Phi) is 4.53. The van der Waals surface area contributed by atoms with Crippen molar-refractivity contribution in [3.05, 3.63) is 12.1 Å². The van der Waals surface area contributed by atoms with Gasteiger partial charge in [0.2, 0.25) is 5.91 Å². The van der Waals surface area contributed by atoms with E-state index in [1.54, 1.807) is 0 Å². The molecule has 1 aromatic carbocycles. The smallest absolute Gasteiger partial charge is 0.224 e. The van der Waals surface area contributed by atoms with Gasteiger partial charge in [-0.3, -0.25) is 4.79 Å². The van der Waals surface area contributed by atoms with Crippen LogP contribution < -0.4 is 10.2 Å². The quantitative estimate of drug-likeness (QED) is 0.912. The summed E-state index contributed by atoms with van der Waals surface area (Å²) in [6.45, 7) is 5.07. The molecule has 1 aliphatic heterocycles. The molecule has 0 radical (unpaired) electrons. The van der Waals surface area contributed by atoms with Crippen LogP contribution in [0, 0.1) is 0 Å². The number of rotatable bonds is 5. The van der Waals surface area contributed by atoms with Gasteiger partial charge in [-0.25, -0.2) is 4.63 Å².